The molecule has 0 unspecified atom stereocenters. The first-order valence-electron chi connectivity index (χ1n) is 12.3. The summed E-state index contributed by atoms with van der Waals surface area (Å²) in [5.74, 6) is -0.324. The summed E-state index contributed by atoms with van der Waals surface area (Å²) in [6.45, 7) is 0. The van der Waals surface area contributed by atoms with Gasteiger partial charge in [0.2, 0.25) is 0 Å². The molecule has 11 heteroatoms. The van der Waals surface area contributed by atoms with Gasteiger partial charge in [-0.15, -0.1) is 0 Å². The fourth-order valence-corrected chi connectivity index (χ4v) is 4.17. The highest BCUT2D eigenvalue weighted by molar-refractivity contribution is 6.04. The number of phenolic OH excluding ortho intramolecular Hbond substituents is 2. The highest BCUT2D eigenvalue weighted by Gasteiger charge is 2.18. The smallest absolute Gasteiger partial charge is 0.267 e. The minimum atomic E-state index is -0.651. The summed E-state index contributed by atoms with van der Waals surface area (Å²) in [6, 6.07) is 17.8. The van der Waals surface area contributed by atoms with Gasteiger partial charge in [0.15, 0.2) is 11.5 Å². The zero-order valence-corrected chi connectivity index (χ0v) is 21.2. The number of phenols is 2. The molecule has 0 aliphatic rings. The second kappa shape index (κ2) is 10.6. The Morgan fingerprint density at radius 1 is 0.854 bits per heavy atom. The Kier molecular flexibility index (Phi) is 6.50. The van der Waals surface area contributed by atoms with Crippen molar-refractivity contribution < 1.29 is 19.7 Å². The third kappa shape index (κ3) is 5.14. The zero-order valence-electron chi connectivity index (χ0n) is 21.2. The molecule has 0 aliphatic carbocycles. The molecule has 41 heavy (non-hydrogen) atoms. The first kappa shape index (κ1) is 25.2. The number of anilines is 1. The average molecular weight is 545 g/mol. The molecule has 0 fully saturated rings. The third-order valence-electron chi connectivity index (χ3n) is 6.16. The second-order valence-corrected chi connectivity index (χ2v) is 8.85. The van der Waals surface area contributed by atoms with E-state index in [4.69, 9.17) is 4.74 Å². The van der Waals surface area contributed by atoms with Gasteiger partial charge < -0.3 is 20.3 Å². The summed E-state index contributed by atoms with van der Waals surface area (Å²) in [7, 11) is 0. The predicted molar refractivity (Wildman–Crippen MR) is 150 cm³/mol. The van der Waals surface area contributed by atoms with Gasteiger partial charge in [-0.05, 0) is 42.5 Å². The van der Waals surface area contributed by atoms with Crippen LogP contribution in [0.15, 0.2) is 109 Å². The Morgan fingerprint density at radius 3 is 2.44 bits per heavy atom. The number of amides is 1. The molecule has 1 amide bonds. The van der Waals surface area contributed by atoms with E-state index in [0.29, 0.717) is 39.3 Å². The lowest BCUT2D eigenvalue weighted by atomic mass is 10.1. The van der Waals surface area contributed by atoms with Crippen LogP contribution < -0.4 is 15.6 Å². The lowest BCUT2D eigenvalue weighted by molar-refractivity contribution is 0.102. The van der Waals surface area contributed by atoms with Crippen molar-refractivity contribution >= 4 is 22.6 Å². The van der Waals surface area contributed by atoms with Crippen LogP contribution in [0.2, 0.25) is 0 Å². The molecule has 0 saturated heterocycles. The van der Waals surface area contributed by atoms with Gasteiger partial charge in [0.25, 0.3) is 11.5 Å². The van der Waals surface area contributed by atoms with Gasteiger partial charge in [-0.1, -0.05) is 18.2 Å². The SMILES string of the molecule is O=C(Nc1ccc(Oc2ccnc3cc(O)c(O)cc23)cn1)c1cc(-c2cnccn2)cn(-c2ccccc2)c1=O. The second-order valence-electron chi connectivity index (χ2n) is 8.85. The van der Waals surface area contributed by atoms with Gasteiger partial charge in [-0.25, -0.2) is 4.98 Å². The van der Waals surface area contributed by atoms with E-state index >= 15 is 0 Å². The normalized spacial score (nSPS) is 10.8. The Bertz CT molecular complexity index is 1950. The van der Waals surface area contributed by atoms with E-state index in [0.717, 1.165) is 0 Å². The van der Waals surface area contributed by atoms with Crippen molar-refractivity contribution in [2.45, 2.75) is 0 Å². The number of hydrogen-bond donors (Lipinski definition) is 3. The van der Waals surface area contributed by atoms with E-state index in [1.807, 2.05) is 6.07 Å². The van der Waals surface area contributed by atoms with Crippen molar-refractivity contribution in [3.05, 3.63) is 120 Å². The van der Waals surface area contributed by atoms with Gasteiger partial charge in [0.05, 0.1) is 23.6 Å². The molecule has 11 nitrogen and oxygen atoms in total. The number of rotatable bonds is 6. The van der Waals surface area contributed by atoms with E-state index in [9.17, 15) is 19.8 Å². The molecule has 0 aliphatic heterocycles. The molecule has 200 valence electrons. The Balaban J connectivity index is 1.28. The number of aromatic hydroxyl groups is 2. The summed E-state index contributed by atoms with van der Waals surface area (Å²) < 4.78 is 7.29. The first-order chi connectivity index (χ1) is 20.0. The van der Waals surface area contributed by atoms with Gasteiger partial charge in [0, 0.05) is 47.5 Å². The van der Waals surface area contributed by atoms with Crippen molar-refractivity contribution in [2.75, 3.05) is 5.32 Å². The molecule has 2 aromatic carbocycles. The van der Waals surface area contributed by atoms with Crippen LogP contribution in [0.3, 0.4) is 0 Å². The standard InChI is InChI=1S/C30H20N6O5/c37-25-13-21-23(14-26(25)38)32-9-8-27(21)41-20-6-7-28(34-15-20)35-29(39)22-12-18(24-16-31-10-11-33-24)17-36(30(22)40)19-4-2-1-3-5-19/h1-17,37-38H,(H,34,35,39). The maximum atomic E-state index is 13.4. The third-order valence-corrected chi connectivity index (χ3v) is 6.16. The minimum Gasteiger partial charge on any atom is -0.504 e. The number of aromatic nitrogens is 5. The van der Waals surface area contributed by atoms with Crippen LogP contribution in [0.25, 0.3) is 27.8 Å². The molecule has 0 radical (unpaired) electrons. The maximum absolute atomic E-state index is 13.4. The number of benzene rings is 2. The molecule has 3 N–H and O–H groups in total. The fraction of sp³-hybridized carbons (Fsp3) is 0. The zero-order chi connectivity index (χ0) is 28.3. The van der Waals surface area contributed by atoms with E-state index < -0.39 is 11.5 Å². The minimum absolute atomic E-state index is 0.106. The number of fused-ring (bicyclic) bond motifs is 1. The summed E-state index contributed by atoms with van der Waals surface area (Å²) >= 11 is 0. The van der Waals surface area contributed by atoms with E-state index in [-0.39, 0.29) is 22.9 Å². The number of nitrogens with zero attached hydrogens (tertiary/aromatic N) is 5. The summed E-state index contributed by atoms with van der Waals surface area (Å²) in [6.07, 6.45) is 9.14. The molecular weight excluding hydrogens is 524 g/mol. The van der Waals surface area contributed by atoms with Crippen LogP contribution in [0.1, 0.15) is 10.4 Å². The van der Waals surface area contributed by atoms with Crippen molar-refractivity contribution in [1.29, 1.82) is 0 Å². The van der Waals surface area contributed by atoms with Crippen molar-refractivity contribution in [1.82, 2.24) is 24.5 Å². The number of ether oxygens (including phenoxy) is 1. The summed E-state index contributed by atoms with van der Waals surface area (Å²) in [5.41, 5.74) is 1.43. The molecule has 0 spiro atoms. The monoisotopic (exact) mass is 544 g/mol. The van der Waals surface area contributed by atoms with Gasteiger partial charge in [-0.3, -0.25) is 29.1 Å². The van der Waals surface area contributed by atoms with Crippen LogP contribution in [0.5, 0.6) is 23.0 Å². The van der Waals surface area contributed by atoms with Crippen molar-refractivity contribution in [3.8, 4) is 39.9 Å². The molecule has 4 aromatic heterocycles. The van der Waals surface area contributed by atoms with Crippen molar-refractivity contribution in [3.63, 3.8) is 0 Å². The summed E-state index contributed by atoms with van der Waals surface area (Å²) in [4.78, 5) is 43.5. The maximum Gasteiger partial charge on any atom is 0.267 e. The Hall–Kier alpha value is -6.10. The van der Waals surface area contributed by atoms with Crippen LogP contribution in [0.4, 0.5) is 5.82 Å². The number of hydrogen-bond acceptors (Lipinski definition) is 9. The van der Waals surface area contributed by atoms with Crippen LogP contribution in [-0.2, 0) is 0 Å². The van der Waals surface area contributed by atoms with Gasteiger partial charge >= 0.3 is 0 Å². The van der Waals surface area contributed by atoms with Crippen LogP contribution in [0, 0.1) is 0 Å². The number of pyridine rings is 3. The number of nitrogens with one attached hydrogen (secondary N) is 1. The highest BCUT2D eigenvalue weighted by Crippen LogP contribution is 2.35. The van der Waals surface area contributed by atoms with Gasteiger partial charge in [-0.2, -0.15) is 0 Å². The van der Waals surface area contributed by atoms with Crippen LogP contribution in [-0.4, -0.2) is 40.6 Å². The van der Waals surface area contributed by atoms with Crippen LogP contribution >= 0.6 is 0 Å². The molecule has 6 rings (SSSR count). The Morgan fingerprint density at radius 2 is 1.68 bits per heavy atom. The Labute approximate surface area is 232 Å². The number of carbonyl (C=O) groups excluding carboxylic acids is 1. The largest absolute Gasteiger partial charge is 0.504 e. The molecule has 0 saturated carbocycles. The number of para-hydroxylation sites is 1. The molecule has 0 atom stereocenters. The first-order valence-corrected chi connectivity index (χ1v) is 12.3. The van der Waals surface area contributed by atoms with E-state index in [2.05, 4.69) is 25.3 Å². The molecular formula is C30H20N6O5. The quantitative estimate of drug-likeness (QED) is 0.253. The topological polar surface area (TPSA) is 152 Å². The number of carbonyl (C=O) groups is 1. The van der Waals surface area contributed by atoms with Crippen molar-refractivity contribution in [2.24, 2.45) is 0 Å². The molecule has 0 bridgehead atoms. The van der Waals surface area contributed by atoms with E-state index in [1.165, 1.54) is 53.6 Å². The summed E-state index contributed by atoms with van der Waals surface area (Å²) in [5, 5.41) is 22.8. The molecule has 6 aromatic rings. The lowest BCUT2D eigenvalue weighted by Crippen LogP contribution is -2.28. The van der Waals surface area contributed by atoms with Gasteiger partial charge in [0.1, 0.15) is 22.9 Å². The molecule has 4 heterocycles. The average Bonchev–Trinajstić information content (AvgIpc) is 3.00. The predicted octanol–water partition coefficient (Wildman–Crippen LogP) is 4.69. The lowest BCUT2D eigenvalue weighted by Gasteiger charge is -2.12. The van der Waals surface area contributed by atoms with E-state index in [1.54, 1.807) is 48.8 Å². The fourth-order valence-electron chi connectivity index (χ4n) is 4.17. The highest BCUT2D eigenvalue weighted by atomic mass is 16.5.